The zero-order valence-corrected chi connectivity index (χ0v) is 12.5. The second kappa shape index (κ2) is 5.99. The maximum Gasteiger partial charge on any atom is 0.238 e. The molecule has 0 saturated carbocycles. The largest absolute Gasteiger partial charge is 0.399 e. The fourth-order valence-corrected chi connectivity index (χ4v) is 3.14. The Hall–Kier alpha value is -1.31. The molecule has 0 bridgehead atoms. The SMILES string of the molecule is CC(CN1CCCC1)Nc1cc(N)cc(S(N)(=O)=O)c1. The summed E-state index contributed by atoms with van der Waals surface area (Å²) in [5.74, 6) is 0. The van der Waals surface area contributed by atoms with Gasteiger partial charge in [0.05, 0.1) is 4.90 Å². The summed E-state index contributed by atoms with van der Waals surface area (Å²) in [6, 6.07) is 4.82. The van der Waals surface area contributed by atoms with E-state index in [4.69, 9.17) is 10.9 Å². The van der Waals surface area contributed by atoms with Gasteiger partial charge in [-0.05, 0) is 51.1 Å². The minimum Gasteiger partial charge on any atom is -0.399 e. The van der Waals surface area contributed by atoms with E-state index in [2.05, 4.69) is 17.1 Å². The first-order valence-electron chi connectivity index (χ1n) is 6.77. The number of primary sulfonamides is 1. The summed E-state index contributed by atoms with van der Waals surface area (Å²) in [4.78, 5) is 2.43. The van der Waals surface area contributed by atoms with Crippen LogP contribution in [-0.2, 0) is 10.0 Å². The first-order chi connectivity index (χ1) is 9.34. The minimum absolute atomic E-state index is 0.0355. The molecule has 0 amide bonds. The number of hydrogen-bond donors (Lipinski definition) is 3. The molecule has 1 aromatic rings. The van der Waals surface area contributed by atoms with Crippen LogP contribution in [0.2, 0.25) is 0 Å². The summed E-state index contributed by atoms with van der Waals surface area (Å²) >= 11 is 0. The Labute approximate surface area is 120 Å². The minimum atomic E-state index is -3.74. The molecule has 0 aromatic heterocycles. The molecule has 5 N–H and O–H groups in total. The molecule has 1 unspecified atom stereocenters. The Morgan fingerprint density at radius 2 is 1.95 bits per heavy atom. The van der Waals surface area contributed by atoms with E-state index in [9.17, 15) is 8.42 Å². The van der Waals surface area contributed by atoms with Gasteiger partial charge in [0, 0.05) is 24.0 Å². The number of rotatable bonds is 5. The zero-order valence-electron chi connectivity index (χ0n) is 11.7. The molecule has 1 aliphatic rings. The number of nitrogen functional groups attached to an aromatic ring is 1. The third-order valence-corrected chi connectivity index (χ3v) is 4.29. The van der Waals surface area contributed by atoms with Crippen molar-refractivity contribution >= 4 is 21.4 Å². The van der Waals surface area contributed by atoms with Gasteiger partial charge in [0.1, 0.15) is 0 Å². The van der Waals surface area contributed by atoms with Crippen molar-refractivity contribution in [3.05, 3.63) is 18.2 Å². The average Bonchev–Trinajstić information content (AvgIpc) is 2.79. The topological polar surface area (TPSA) is 101 Å². The van der Waals surface area contributed by atoms with E-state index < -0.39 is 10.0 Å². The second-order valence-electron chi connectivity index (χ2n) is 5.39. The van der Waals surface area contributed by atoms with E-state index in [1.54, 1.807) is 6.07 Å². The van der Waals surface area contributed by atoms with Gasteiger partial charge >= 0.3 is 0 Å². The predicted octanol–water partition coefficient (Wildman–Crippen LogP) is 0.812. The smallest absolute Gasteiger partial charge is 0.238 e. The molecule has 0 aliphatic carbocycles. The summed E-state index contributed by atoms with van der Waals surface area (Å²) in [5.41, 5.74) is 6.79. The molecular weight excluding hydrogens is 276 g/mol. The highest BCUT2D eigenvalue weighted by Crippen LogP contribution is 2.20. The molecule has 1 aromatic carbocycles. The first-order valence-corrected chi connectivity index (χ1v) is 8.31. The van der Waals surface area contributed by atoms with Crippen molar-refractivity contribution < 1.29 is 8.42 Å². The number of hydrogen-bond acceptors (Lipinski definition) is 5. The van der Waals surface area contributed by atoms with E-state index in [0.717, 1.165) is 19.6 Å². The maximum absolute atomic E-state index is 11.4. The lowest BCUT2D eigenvalue weighted by Crippen LogP contribution is -2.33. The van der Waals surface area contributed by atoms with Crippen LogP contribution in [0.5, 0.6) is 0 Å². The van der Waals surface area contributed by atoms with Crippen LogP contribution in [-0.4, -0.2) is 39.0 Å². The number of nitrogens with one attached hydrogen (secondary N) is 1. The second-order valence-corrected chi connectivity index (χ2v) is 6.95. The van der Waals surface area contributed by atoms with Crippen LogP contribution in [0.4, 0.5) is 11.4 Å². The van der Waals surface area contributed by atoms with Gasteiger partial charge in [0.25, 0.3) is 0 Å². The Balaban J connectivity index is 2.06. The zero-order chi connectivity index (χ0) is 14.8. The third kappa shape index (κ3) is 4.09. The molecule has 0 spiro atoms. The number of sulfonamides is 1. The highest BCUT2D eigenvalue weighted by molar-refractivity contribution is 7.89. The first kappa shape index (κ1) is 15.1. The van der Waals surface area contributed by atoms with Gasteiger partial charge in [-0.1, -0.05) is 0 Å². The Morgan fingerprint density at radius 3 is 2.55 bits per heavy atom. The van der Waals surface area contributed by atoms with Gasteiger partial charge in [-0.2, -0.15) is 0 Å². The van der Waals surface area contributed by atoms with Gasteiger partial charge in [0.2, 0.25) is 10.0 Å². The van der Waals surface area contributed by atoms with Crippen molar-refractivity contribution in [2.24, 2.45) is 5.14 Å². The highest BCUT2D eigenvalue weighted by atomic mass is 32.2. The van der Waals surface area contributed by atoms with E-state index in [1.807, 2.05) is 0 Å². The maximum atomic E-state index is 11.4. The normalized spacial score (nSPS) is 18.1. The summed E-state index contributed by atoms with van der Waals surface area (Å²) in [5, 5.41) is 8.42. The molecule has 0 radical (unpaired) electrons. The van der Waals surface area contributed by atoms with Crippen molar-refractivity contribution in [2.45, 2.75) is 30.7 Å². The van der Waals surface area contributed by atoms with Gasteiger partial charge in [0.15, 0.2) is 0 Å². The molecule has 6 nitrogen and oxygen atoms in total. The number of nitrogens with zero attached hydrogens (tertiary/aromatic N) is 1. The summed E-state index contributed by atoms with van der Waals surface area (Å²) in [7, 11) is -3.74. The molecule has 20 heavy (non-hydrogen) atoms. The molecule has 112 valence electrons. The molecule has 2 rings (SSSR count). The van der Waals surface area contributed by atoms with Crippen molar-refractivity contribution in [1.29, 1.82) is 0 Å². The van der Waals surface area contributed by atoms with E-state index in [-0.39, 0.29) is 10.9 Å². The molecule has 1 heterocycles. The van der Waals surface area contributed by atoms with Crippen LogP contribution in [0, 0.1) is 0 Å². The lowest BCUT2D eigenvalue weighted by molar-refractivity contribution is 0.328. The standard InChI is InChI=1S/C13H22N4O2S/c1-10(9-17-4-2-3-5-17)16-12-6-11(14)7-13(8-12)20(15,18)19/h6-8,10,16H,2-5,9,14H2,1H3,(H2,15,18,19). The monoisotopic (exact) mass is 298 g/mol. The van der Waals surface area contributed by atoms with Crippen molar-refractivity contribution in [3.63, 3.8) is 0 Å². The Kier molecular flexibility index (Phi) is 4.52. The number of benzene rings is 1. The Morgan fingerprint density at radius 1 is 1.30 bits per heavy atom. The molecule has 1 atom stereocenters. The van der Waals surface area contributed by atoms with E-state index in [1.165, 1.54) is 25.0 Å². The lowest BCUT2D eigenvalue weighted by atomic mass is 10.2. The van der Waals surface area contributed by atoms with Gasteiger partial charge < -0.3 is 16.0 Å². The van der Waals surface area contributed by atoms with Crippen molar-refractivity contribution in [3.8, 4) is 0 Å². The average molecular weight is 298 g/mol. The van der Waals surface area contributed by atoms with Crippen LogP contribution in [0.3, 0.4) is 0 Å². The summed E-state index contributed by atoms with van der Waals surface area (Å²) in [6.07, 6.45) is 2.50. The Bertz CT molecular complexity index is 568. The third-order valence-electron chi connectivity index (χ3n) is 3.40. The van der Waals surface area contributed by atoms with Crippen LogP contribution < -0.4 is 16.2 Å². The van der Waals surface area contributed by atoms with E-state index >= 15 is 0 Å². The predicted molar refractivity (Wildman–Crippen MR) is 81.0 cm³/mol. The lowest BCUT2D eigenvalue weighted by Gasteiger charge is -2.22. The highest BCUT2D eigenvalue weighted by Gasteiger charge is 2.15. The quantitative estimate of drug-likeness (QED) is 0.698. The van der Waals surface area contributed by atoms with Gasteiger partial charge in [-0.3, -0.25) is 0 Å². The number of nitrogens with two attached hydrogens (primary N) is 2. The van der Waals surface area contributed by atoms with Crippen LogP contribution in [0.1, 0.15) is 19.8 Å². The van der Waals surface area contributed by atoms with Crippen molar-refractivity contribution in [2.75, 3.05) is 30.7 Å². The molecule has 7 heteroatoms. The summed E-state index contributed by atoms with van der Waals surface area (Å²) in [6.45, 7) is 5.26. The van der Waals surface area contributed by atoms with Crippen molar-refractivity contribution in [1.82, 2.24) is 4.90 Å². The molecular formula is C13H22N4O2S. The molecule has 1 saturated heterocycles. The van der Waals surface area contributed by atoms with Crippen LogP contribution >= 0.6 is 0 Å². The van der Waals surface area contributed by atoms with Gasteiger partial charge in [-0.15, -0.1) is 0 Å². The summed E-state index contributed by atoms with van der Waals surface area (Å²) < 4.78 is 22.8. The molecule has 1 fully saturated rings. The van der Waals surface area contributed by atoms with Gasteiger partial charge in [-0.25, -0.2) is 13.6 Å². The fraction of sp³-hybridized carbons (Fsp3) is 0.538. The van der Waals surface area contributed by atoms with Crippen LogP contribution in [0.15, 0.2) is 23.1 Å². The number of anilines is 2. The molecule has 1 aliphatic heterocycles. The van der Waals surface area contributed by atoms with E-state index in [0.29, 0.717) is 11.4 Å². The number of likely N-dealkylation sites (tertiary alicyclic amines) is 1. The fourth-order valence-electron chi connectivity index (χ4n) is 2.55. The van der Waals surface area contributed by atoms with Crippen LogP contribution in [0.25, 0.3) is 0 Å².